The van der Waals surface area contributed by atoms with Crippen LogP contribution in [0.3, 0.4) is 0 Å². The van der Waals surface area contributed by atoms with Crippen molar-refractivity contribution in [2.75, 3.05) is 5.32 Å². The largest absolute Gasteiger partial charge is 0.478 e. The molecule has 2 N–H and O–H groups in total. The summed E-state index contributed by atoms with van der Waals surface area (Å²) in [7, 11) is 0. The van der Waals surface area contributed by atoms with E-state index in [1.54, 1.807) is 13.0 Å². The van der Waals surface area contributed by atoms with Gasteiger partial charge in [0.15, 0.2) is 0 Å². The van der Waals surface area contributed by atoms with E-state index in [4.69, 9.17) is 5.11 Å². The Bertz CT molecular complexity index is 645. The van der Waals surface area contributed by atoms with Crippen molar-refractivity contribution in [1.82, 2.24) is 4.98 Å². The number of aromatic nitrogens is 1. The maximum absolute atomic E-state index is 13.1. The van der Waals surface area contributed by atoms with Crippen LogP contribution in [0.25, 0.3) is 0 Å². The van der Waals surface area contributed by atoms with Gasteiger partial charge in [-0.3, -0.25) is 0 Å². The molecule has 6 heteroatoms. The third kappa shape index (κ3) is 2.85. The van der Waals surface area contributed by atoms with E-state index in [1.165, 1.54) is 12.1 Å². The molecule has 1 aromatic carbocycles. The molecule has 4 nitrogen and oxygen atoms in total. The van der Waals surface area contributed by atoms with Gasteiger partial charge in [0.25, 0.3) is 0 Å². The van der Waals surface area contributed by atoms with Crippen LogP contribution in [0.4, 0.5) is 20.3 Å². The first kappa shape index (κ1) is 12.9. The van der Waals surface area contributed by atoms with E-state index in [0.717, 1.165) is 12.3 Å². The Morgan fingerprint density at radius 2 is 2.00 bits per heavy atom. The van der Waals surface area contributed by atoms with Crippen molar-refractivity contribution in [2.45, 2.75) is 6.92 Å². The molecule has 0 bridgehead atoms. The van der Waals surface area contributed by atoms with Crippen LogP contribution in [0.1, 0.15) is 15.9 Å². The summed E-state index contributed by atoms with van der Waals surface area (Å²) in [6, 6.07) is 4.90. The molecule has 2 rings (SSSR count). The molecule has 0 aliphatic carbocycles. The second-order valence-corrected chi connectivity index (χ2v) is 3.94. The molecule has 1 aromatic heterocycles. The Hall–Kier alpha value is -2.50. The number of rotatable bonds is 3. The van der Waals surface area contributed by atoms with Crippen molar-refractivity contribution in [2.24, 2.45) is 0 Å². The van der Waals surface area contributed by atoms with Gasteiger partial charge in [-0.2, -0.15) is 0 Å². The minimum Gasteiger partial charge on any atom is -0.478 e. The highest BCUT2D eigenvalue weighted by molar-refractivity contribution is 5.94. The average Bonchev–Trinajstić information content (AvgIpc) is 2.35. The minimum absolute atomic E-state index is 0.0393. The number of hydrogen-bond donors (Lipinski definition) is 2. The lowest BCUT2D eigenvalue weighted by molar-refractivity contribution is 0.0697. The number of hydrogen-bond acceptors (Lipinski definition) is 3. The minimum atomic E-state index is -1.32. The maximum atomic E-state index is 13.1. The van der Waals surface area contributed by atoms with Gasteiger partial charge in [0.2, 0.25) is 0 Å². The van der Waals surface area contributed by atoms with Gasteiger partial charge in [0, 0.05) is 5.69 Å². The Morgan fingerprint density at radius 3 is 2.68 bits per heavy atom. The van der Waals surface area contributed by atoms with E-state index in [-0.39, 0.29) is 11.4 Å². The molecule has 0 amide bonds. The average molecular weight is 264 g/mol. The number of pyridine rings is 1. The summed E-state index contributed by atoms with van der Waals surface area (Å²) >= 11 is 0. The summed E-state index contributed by atoms with van der Waals surface area (Å²) in [6.07, 6.45) is 0.892. The molecule has 0 fully saturated rings. The van der Waals surface area contributed by atoms with Gasteiger partial charge in [0.1, 0.15) is 23.0 Å². The van der Waals surface area contributed by atoms with Crippen LogP contribution < -0.4 is 5.32 Å². The Morgan fingerprint density at radius 1 is 1.26 bits per heavy atom. The molecule has 19 heavy (non-hydrogen) atoms. The number of carbonyl (C=O) groups is 1. The van der Waals surface area contributed by atoms with Crippen molar-refractivity contribution >= 4 is 17.5 Å². The fourth-order valence-corrected chi connectivity index (χ4v) is 1.56. The smallest absolute Gasteiger partial charge is 0.339 e. The van der Waals surface area contributed by atoms with E-state index in [2.05, 4.69) is 10.3 Å². The van der Waals surface area contributed by atoms with Crippen LogP contribution in [-0.2, 0) is 0 Å². The van der Waals surface area contributed by atoms with E-state index >= 15 is 0 Å². The molecular formula is C13H10F2N2O2. The summed E-state index contributed by atoms with van der Waals surface area (Å²) in [5.41, 5.74) is 0.772. The first-order valence-corrected chi connectivity index (χ1v) is 5.39. The summed E-state index contributed by atoms with van der Waals surface area (Å²) in [5.74, 6) is -2.57. The predicted octanol–water partition coefficient (Wildman–Crippen LogP) is 3.11. The van der Waals surface area contributed by atoms with Gasteiger partial charge >= 0.3 is 5.97 Å². The van der Waals surface area contributed by atoms with Crippen molar-refractivity contribution in [3.05, 3.63) is 53.2 Å². The fourth-order valence-electron chi connectivity index (χ4n) is 1.56. The lowest BCUT2D eigenvalue weighted by atomic mass is 10.2. The van der Waals surface area contributed by atoms with Gasteiger partial charge in [0.05, 0.1) is 6.20 Å². The third-order valence-electron chi connectivity index (χ3n) is 2.54. The van der Waals surface area contributed by atoms with Gasteiger partial charge in [-0.05, 0) is 30.7 Å². The van der Waals surface area contributed by atoms with Crippen LogP contribution in [0, 0.1) is 18.6 Å². The van der Waals surface area contributed by atoms with E-state index < -0.39 is 17.6 Å². The van der Waals surface area contributed by atoms with Crippen LogP contribution >= 0.6 is 0 Å². The molecule has 0 unspecified atom stereocenters. The second kappa shape index (κ2) is 5.01. The molecule has 0 saturated carbocycles. The summed E-state index contributed by atoms with van der Waals surface area (Å²) < 4.78 is 26.1. The molecule has 0 radical (unpaired) electrons. The summed E-state index contributed by atoms with van der Waals surface area (Å²) in [6.45, 7) is 1.73. The molecular weight excluding hydrogens is 254 g/mol. The fraction of sp³-hybridized carbons (Fsp3) is 0.0769. The molecule has 2 aromatic rings. The number of aromatic carboxylic acids is 1. The number of nitrogens with one attached hydrogen (secondary N) is 1. The second-order valence-electron chi connectivity index (χ2n) is 3.94. The number of carboxylic acids is 1. The summed E-state index contributed by atoms with van der Waals surface area (Å²) in [4.78, 5) is 14.7. The van der Waals surface area contributed by atoms with Crippen molar-refractivity contribution in [3.63, 3.8) is 0 Å². The van der Waals surface area contributed by atoms with Gasteiger partial charge < -0.3 is 10.4 Å². The Labute approximate surface area is 107 Å². The monoisotopic (exact) mass is 264 g/mol. The lowest BCUT2D eigenvalue weighted by Gasteiger charge is -2.11. The molecule has 0 atom stereocenters. The number of benzene rings is 1. The molecule has 1 heterocycles. The third-order valence-corrected chi connectivity index (χ3v) is 2.54. The van der Waals surface area contributed by atoms with E-state index in [1.807, 2.05) is 0 Å². The lowest BCUT2D eigenvalue weighted by Crippen LogP contribution is -2.06. The molecule has 0 aliphatic heterocycles. The van der Waals surface area contributed by atoms with Crippen LogP contribution in [0.5, 0.6) is 0 Å². The van der Waals surface area contributed by atoms with E-state index in [9.17, 15) is 13.6 Å². The van der Waals surface area contributed by atoms with Crippen LogP contribution in [0.2, 0.25) is 0 Å². The van der Waals surface area contributed by atoms with Crippen molar-refractivity contribution < 1.29 is 18.7 Å². The van der Waals surface area contributed by atoms with Gasteiger partial charge in [-0.1, -0.05) is 6.07 Å². The Kier molecular flexibility index (Phi) is 3.41. The zero-order valence-electron chi connectivity index (χ0n) is 9.95. The zero-order valence-corrected chi connectivity index (χ0v) is 9.95. The van der Waals surface area contributed by atoms with Gasteiger partial charge in [-0.15, -0.1) is 0 Å². The quantitative estimate of drug-likeness (QED) is 0.894. The number of carboxylic acid groups (broad SMARTS) is 1. The summed E-state index contributed by atoms with van der Waals surface area (Å²) in [5, 5.41) is 11.7. The standard InChI is InChI=1S/C13H10F2N2O2/c1-7-2-3-8(14)5-11(7)17-12-10(13(18)19)4-9(15)6-16-12/h2-6H,1H3,(H,16,17)(H,18,19). The Balaban J connectivity index is 2.43. The normalized spacial score (nSPS) is 10.3. The van der Waals surface area contributed by atoms with Crippen LogP contribution in [-0.4, -0.2) is 16.1 Å². The molecule has 98 valence electrons. The number of anilines is 2. The first-order chi connectivity index (χ1) is 8.97. The highest BCUT2D eigenvalue weighted by Gasteiger charge is 2.14. The predicted molar refractivity (Wildman–Crippen MR) is 65.6 cm³/mol. The highest BCUT2D eigenvalue weighted by Crippen LogP contribution is 2.23. The highest BCUT2D eigenvalue weighted by atomic mass is 19.1. The van der Waals surface area contributed by atoms with Gasteiger partial charge in [-0.25, -0.2) is 18.6 Å². The maximum Gasteiger partial charge on any atom is 0.339 e. The van der Waals surface area contributed by atoms with Crippen molar-refractivity contribution in [1.29, 1.82) is 0 Å². The van der Waals surface area contributed by atoms with Crippen molar-refractivity contribution in [3.8, 4) is 0 Å². The zero-order chi connectivity index (χ0) is 14.0. The van der Waals surface area contributed by atoms with Crippen LogP contribution in [0.15, 0.2) is 30.5 Å². The van der Waals surface area contributed by atoms with E-state index in [0.29, 0.717) is 11.3 Å². The number of halogens is 2. The SMILES string of the molecule is Cc1ccc(F)cc1Nc1ncc(F)cc1C(=O)O. The topological polar surface area (TPSA) is 62.2 Å². The molecule has 0 saturated heterocycles. The number of aryl methyl sites for hydroxylation is 1. The molecule has 0 spiro atoms. The first-order valence-electron chi connectivity index (χ1n) is 5.39. The number of nitrogens with zero attached hydrogens (tertiary/aromatic N) is 1. The molecule has 0 aliphatic rings.